The second-order valence-corrected chi connectivity index (χ2v) is 6.35. The van der Waals surface area contributed by atoms with Gasteiger partial charge in [-0.2, -0.15) is 0 Å². The average Bonchev–Trinajstić information content (AvgIpc) is 2.56. The number of rotatable bonds is 7. The zero-order valence-electron chi connectivity index (χ0n) is 13.8. The van der Waals surface area contributed by atoms with E-state index in [1.165, 1.54) is 6.92 Å². The highest BCUT2D eigenvalue weighted by molar-refractivity contribution is 9.10. The molecule has 0 aliphatic rings. The maximum Gasteiger partial charge on any atom is 0.259 e. The highest BCUT2D eigenvalue weighted by atomic mass is 79.9. The van der Waals surface area contributed by atoms with Crippen LogP contribution < -0.4 is 10.1 Å². The molecule has 0 heterocycles. The molecule has 0 bridgehead atoms. The number of carbonyl (C=O) groups excluding carboxylic acids is 2. The van der Waals surface area contributed by atoms with Crippen molar-refractivity contribution in [1.82, 2.24) is 0 Å². The summed E-state index contributed by atoms with van der Waals surface area (Å²) in [5.74, 6) is 0.229. The summed E-state index contributed by atoms with van der Waals surface area (Å²) < 4.78 is 6.52. The number of nitrogens with one attached hydrogen (secondary N) is 1. The molecule has 2 rings (SSSR count). The van der Waals surface area contributed by atoms with Crippen LogP contribution in [0.5, 0.6) is 5.75 Å². The van der Waals surface area contributed by atoms with Gasteiger partial charge in [0.2, 0.25) is 0 Å². The molecule has 0 saturated heterocycles. The van der Waals surface area contributed by atoms with E-state index in [1.807, 2.05) is 6.07 Å². The Bertz CT molecular complexity index is 743. The van der Waals surface area contributed by atoms with Gasteiger partial charge in [0.1, 0.15) is 5.75 Å². The molecule has 0 fully saturated rings. The van der Waals surface area contributed by atoms with Gasteiger partial charge in [0.25, 0.3) is 5.91 Å². The molecule has 1 amide bonds. The number of anilines is 1. The molecule has 2 aromatic rings. The van der Waals surface area contributed by atoms with E-state index >= 15 is 0 Å². The predicted octanol–water partition coefficient (Wildman–Crippen LogP) is 5.08. The van der Waals surface area contributed by atoms with Crippen LogP contribution in [0, 0.1) is 0 Å². The van der Waals surface area contributed by atoms with Gasteiger partial charge in [-0.1, -0.05) is 41.4 Å². The Balaban J connectivity index is 2.21. The van der Waals surface area contributed by atoms with Gasteiger partial charge in [-0.05, 0) is 43.7 Å². The lowest BCUT2D eigenvalue weighted by Gasteiger charge is -2.12. The van der Waals surface area contributed by atoms with Crippen molar-refractivity contribution in [2.24, 2.45) is 0 Å². The highest BCUT2D eigenvalue weighted by Gasteiger charge is 2.14. The Morgan fingerprint density at radius 1 is 1.17 bits per heavy atom. The van der Waals surface area contributed by atoms with E-state index in [4.69, 9.17) is 4.74 Å². The van der Waals surface area contributed by atoms with Crippen LogP contribution >= 0.6 is 15.9 Å². The van der Waals surface area contributed by atoms with E-state index in [2.05, 4.69) is 28.2 Å². The quantitative estimate of drug-likeness (QED) is 0.530. The van der Waals surface area contributed by atoms with Crippen molar-refractivity contribution >= 4 is 33.3 Å². The molecule has 2 aromatic carbocycles. The van der Waals surface area contributed by atoms with Crippen molar-refractivity contribution in [3.8, 4) is 5.75 Å². The van der Waals surface area contributed by atoms with E-state index in [0.29, 0.717) is 29.2 Å². The van der Waals surface area contributed by atoms with Gasteiger partial charge in [0.05, 0.1) is 12.2 Å². The number of halogens is 1. The molecule has 0 aliphatic carbocycles. The maximum atomic E-state index is 12.6. The van der Waals surface area contributed by atoms with Crippen LogP contribution in [-0.4, -0.2) is 18.3 Å². The number of hydrogen-bond acceptors (Lipinski definition) is 3. The van der Waals surface area contributed by atoms with Gasteiger partial charge in [0.15, 0.2) is 5.78 Å². The van der Waals surface area contributed by atoms with Crippen LogP contribution in [0.3, 0.4) is 0 Å². The van der Waals surface area contributed by atoms with Crippen LogP contribution in [0.4, 0.5) is 5.69 Å². The Morgan fingerprint density at radius 3 is 2.67 bits per heavy atom. The monoisotopic (exact) mass is 389 g/mol. The van der Waals surface area contributed by atoms with Crippen molar-refractivity contribution < 1.29 is 14.3 Å². The summed E-state index contributed by atoms with van der Waals surface area (Å²) >= 11 is 3.38. The third kappa shape index (κ3) is 4.93. The van der Waals surface area contributed by atoms with E-state index in [9.17, 15) is 9.59 Å². The molecule has 5 heteroatoms. The van der Waals surface area contributed by atoms with E-state index < -0.39 is 0 Å². The lowest BCUT2D eigenvalue weighted by Crippen LogP contribution is -2.14. The molecule has 0 saturated carbocycles. The molecule has 0 spiro atoms. The molecule has 0 unspecified atom stereocenters. The first-order chi connectivity index (χ1) is 11.5. The summed E-state index contributed by atoms with van der Waals surface area (Å²) in [5.41, 5.74) is 1.59. The smallest absolute Gasteiger partial charge is 0.259 e. The Hall–Kier alpha value is -2.14. The molecule has 0 radical (unpaired) electrons. The number of ketones is 1. The van der Waals surface area contributed by atoms with Crippen LogP contribution in [-0.2, 0) is 0 Å². The Labute approximate surface area is 150 Å². The van der Waals surface area contributed by atoms with Crippen LogP contribution in [0.25, 0.3) is 0 Å². The molecule has 24 heavy (non-hydrogen) atoms. The van der Waals surface area contributed by atoms with Gasteiger partial charge in [0, 0.05) is 15.7 Å². The number of unbranched alkanes of at least 4 members (excludes halogenated alkanes) is 1. The van der Waals surface area contributed by atoms with E-state index in [-0.39, 0.29) is 11.7 Å². The number of carbonyl (C=O) groups is 2. The summed E-state index contributed by atoms with van der Waals surface area (Å²) in [4.78, 5) is 24.1. The molecule has 0 atom stereocenters. The first-order valence-electron chi connectivity index (χ1n) is 7.86. The zero-order valence-corrected chi connectivity index (χ0v) is 15.4. The van der Waals surface area contributed by atoms with E-state index in [1.54, 1.807) is 36.4 Å². The second kappa shape index (κ2) is 8.64. The molecule has 126 valence electrons. The van der Waals surface area contributed by atoms with Crippen molar-refractivity contribution in [3.05, 3.63) is 58.1 Å². The Morgan fingerprint density at radius 2 is 1.96 bits per heavy atom. The fourth-order valence-corrected chi connectivity index (χ4v) is 2.51. The minimum Gasteiger partial charge on any atom is -0.493 e. The van der Waals surface area contributed by atoms with Crippen molar-refractivity contribution in [1.29, 1.82) is 0 Å². The maximum absolute atomic E-state index is 12.6. The van der Waals surface area contributed by atoms with Crippen molar-refractivity contribution in [3.63, 3.8) is 0 Å². The van der Waals surface area contributed by atoms with Crippen LogP contribution in [0.1, 0.15) is 47.4 Å². The standard InChI is InChI=1S/C19H20BrNO3/c1-3-4-10-24-18-9-8-15(20)12-17(18)19(23)21-16-7-5-6-14(11-16)13(2)22/h5-9,11-12H,3-4,10H2,1-2H3,(H,21,23). The van der Waals surface area contributed by atoms with Gasteiger partial charge in [-0.3, -0.25) is 9.59 Å². The molecular formula is C19H20BrNO3. The number of benzene rings is 2. The lowest BCUT2D eigenvalue weighted by atomic mass is 10.1. The minimum atomic E-state index is -0.275. The summed E-state index contributed by atoms with van der Waals surface area (Å²) in [6.07, 6.45) is 1.95. The first kappa shape index (κ1) is 18.2. The molecule has 0 aliphatic heterocycles. The van der Waals surface area contributed by atoms with Crippen molar-refractivity contribution in [2.75, 3.05) is 11.9 Å². The van der Waals surface area contributed by atoms with Gasteiger partial charge in [-0.15, -0.1) is 0 Å². The lowest BCUT2D eigenvalue weighted by molar-refractivity contribution is 0.100. The SMILES string of the molecule is CCCCOc1ccc(Br)cc1C(=O)Nc1cccc(C(C)=O)c1. The summed E-state index contributed by atoms with van der Waals surface area (Å²) in [5, 5.41) is 2.82. The van der Waals surface area contributed by atoms with Crippen LogP contribution in [0.15, 0.2) is 46.9 Å². The third-order valence-corrected chi connectivity index (χ3v) is 3.96. The largest absolute Gasteiger partial charge is 0.493 e. The normalized spacial score (nSPS) is 10.3. The van der Waals surface area contributed by atoms with Crippen molar-refractivity contribution in [2.45, 2.75) is 26.7 Å². The fraction of sp³-hybridized carbons (Fsp3) is 0.263. The highest BCUT2D eigenvalue weighted by Crippen LogP contribution is 2.25. The van der Waals surface area contributed by atoms with Gasteiger partial charge in [-0.25, -0.2) is 0 Å². The van der Waals surface area contributed by atoms with Crippen LogP contribution in [0.2, 0.25) is 0 Å². The third-order valence-electron chi connectivity index (χ3n) is 3.47. The summed E-state index contributed by atoms with van der Waals surface area (Å²) in [6, 6.07) is 12.2. The first-order valence-corrected chi connectivity index (χ1v) is 8.65. The average molecular weight is 390 g/mol. The molecule has 0 aromatic heterocycles. The zero-order chi connectivity index (χ0) is 17.5. The topological polar surface area (TPSA) is 55.4 Å². The predicted molar refractivity (Wildman–Crippen MR) is 98.9 cm³/mol. The van der Waals surface area contributed by atoms with Gasteiger partial charge < -0.3 is 10.1 Å². The number of ether oxygens (including phenoxy) is 1. The molecular weight excluding hydrogens is 370 g/mol. The number of Topliss-reactive ketones (excluding diaryl/α,β-unsaturated/α-hetero) is 1. The number of hydrogen-bond donors (Lipinski definition) is 1. The van der Waals surface area contributed by atoms with E-state index in [0.717, 1.165) is 17.3 Å². The second-order valence-electron chi connectivity index (χ2n) is 5.43. The summed E-state index contributed by atoms with van der Waals surface area (Å²) in [6.45, 7) is 4.15. The molecule has 1 N–H and O–H groups in total. The Kier molecular flexibility index (Phi) is 6.55. The summed E-state index contributed by atoms with van der Waals surface area (Å²) in [7, 11) is 0. The minimum absolute atomic E-state index is 0.0443. The molecule has 4 nitrogen and oxygen atoms in total. The fourth-order valence-electron chi connectivity index (χ4n) is 2.15. The number of amides is 1. The van der Waals surface area contributed by atoms with Gasteiger partial charge >= 0.3 is 0 Å².